The highest BCUT2D eigenvalue weighted by Crippen LogP contribution is 2.14. The van der Waals surface area contributed by atoms with Crippen molar-refractivity contribution in [3.05, 3.63) is 78.8 Å². The number of ether oxygens (including phenoxy) is 2. The number of anilines is 1. The Balaban J connectivity index is 1.51. The summed E-state index contributed by atoms with van der Waals surface area (Å²) in [6.07, 6.45) is 1.49. The van der Waals surface area contributed by atoms with Gasteiger partial charge < -0.3 is 29.4 Å². The number of para-hydroxylation sites is 1. The minimum absolute atomic E-state index is 0.0927. The van der Waals surface area contributed by atoms with Gasteiger partial charge in [-0.15, -0.1) is 0 Å². The summed E-state index contributed by atoms with van der Waals surface area (Å²) < 4.78 is 15.9. The highest BCUT2D eigenvalue weighted by atomic mass is 16.5. The largest absolute Gasteiger partial charge is 0.497 e. The van der Waals surface area contributed by atoms with Gasteiger partial charge in [-0.1, -0.05) is 18.2 Å². The number of carbonyl (C=O) groups is 3. The van der Waals surface area contributed by atoms with E-state index in [9.17, 15) is 14.4 Å². The molecule has 0 atom stereocenters. The molecular formula is C24H25N3O6. The first-order chi connectivity index (χ1) is 16.0. The normalized spacial score (nSPS) is 10.2. The van der Waals surface area contributed by atoms with Crippen LogP contribution in [0.4, 0.5) is 5.69 Å². The number of nitrogens with zero attached hydrogens (tertiary/aromatic N) is 1. The van der Waals surface area contributed by atoms with Crippen molar-refractivity contribution in [2.75, 3.05) is 32.1 Å². The van der Waals surface area contributed by atoms with Gasteiger partial charge in [-0.2, -0.15) is 0 Å². The van der Waals surface area contributed by atoms with Crippen LogP contribution in [0.3, 0.4) is 0 Å². The van der Waals surface area contributed by atoms with E-state index in [1.54, 1.807) is 67.8 Å². The molecule has 0 radical (unpaired) electrons. The molecule has 0 aliphatic carbocycles. The van der Waals surface area contributed by atoms with E-state index in [-0.39, 0.29) is 26.2 Å². The van der Waals surface area contributed by atoms with Crippen molar-refractivity contribution in [2.24, 2.45) is 0 Å². The van der Waals surface area contributed by atoms with Gasteiger partial charge in [0.2, 0.25) is 11.8 Å². The molecule has 3 amide bonds. The van der Waals surface area contributed by atoms with Crippen molar-refractivity contribution in [1.82, 2.24) is 10.2 Å². The molecule has 0 spiro atoms. The average molecular weight is 451 g/mol. The van der Waals surface area contributed by atoms with E-state index in [4.69, 9.17) is 13.9 Å². The maximum atomic E-state index is 12.7. The number of rotatable bonds is 11. The number of amides is 3. The van der Waals surface area contributed by atoms with Gasteiger partial charge in [0, 0.05) is 5.69 Å². The Morgan fingerprint density at radius 2 is 1.67 bits per heavy atom. The highest BCUT2D eigenvalue weighted by Gasteiger charge is 2.20. The molecular weight excluding hydrogens is 426 g/mol. The van der Waals surface area contributed by atoms with Gasteiger partial charge in [0.25, 0.3) is 5.91 Å². The molecule has 9 heteroatoms. The molecule has 1 heterocycles. The molecule has 33 heavy (non-hydrogen) atoms. The van der Waals surface area contributed by atoms with Crippen molar-refractivity contribution in [2.45, 2.75) is 6.54 Å². The molecule has 2 N–H and O–H groups in total. The second-order valence-electron chi connectivity index (χ2n) is 6.98. The lowest BCUT2D eigenvalue weighted by molar-refractivity contribution is -0.138. The van der Waals surface area contributed by atoms with E-state index in [2.05, 4.69) is 10.6 Å². The van der Waals surface area contributed by atoms with Crippen molar-refractivity contribution >= 4 is 23.4 Å². The molecule has 0 unspecified atom stereocenters. The topological polar surface area (TPSA) is 110 Å². The van der Waals surface area contributed by atoms with Gasteiger partial charge in [0.15, 0.2) is 6.61 Å². The summed E-state index contributed by atoms with van der Waals surface area (Å²) in [5.74, 6) is 0.452. The molecule has 0 aliphatic rings. The van der Waals surface area contributed by atoms with Crippen LogP contribution in [0.5, 0.6) is 11.5 Å². The number of methoxy groups -OCH3 is 1. The maximum Gasteiger partial charge on any atom is 0.261 e. The minimum atomic E-state index is -0.487. The fraction of sp³-hybridized carbons (Fsp3) is 0.208. The van der Waals surface area contributed by atoms with Gasteiger partial charge in [0.1, 0.15) is 23.8 Å². The lowest BCUT2D eigenvalue weighted by Crippen LogP contribution is -2.44. The number of benzene rings is 2. The summed E-state index contributed by atoms with van der Waals surface area (Å²) in [5, 5.41) is 5.20. The lowest BCUT2D eigenvalue weighted by Gasteiger charge is -2.21. The first kappa shape index (κ1) is 23.4. The summed E-state index contributed by atoms with van der Waals surface area (Å²) >= 11 is 0. The zero-order valence-electron chi connectivity index (χ0n) is 18.2. The number of furan rings is 1. The first-order valence-electron chi connectivity index (χ1n) is 10.2. The lowest BCUT2D eigenvalue weighted by atomic mass is 10.3. The number of hydrogen-bond donors (Lipinski definition) is 2. The Kier molecular flexibility index (Phi) is 8.47. The Hall–Kier alpha value is -4.27. The van der Waals surface area contributed by atoms with Crippen molar-refractivity contribution in [1.29, 1.82) is 0 Å². The van der Waals surface area contributed by atoms with E-state index < -0.39 is 17.7 Å². The molecule has 0 saturated carbocycles. The third-order valence-corrected chi connectivity index (χ3v) is 4.54. The molecule has 3 aromatic rings. The van der Waals surface area contributed by atoms with E-state index in [1.165, 1.54) is 11.2 Å². The van der Waals surface area contributed by atoms with Crippen LogP contribution in [-0.4, -0.2) is 49.4 Å². The van der Waals surface area contributed by atoms with Gasteiger partial charge in [-0.25, -0.2) is 0 Å². The number of hydrogen-bond acceptors (Lipinski definition) is 6. The summed E-state index contributed by atoms with van der Waals surface area (Å²) in [6, 6.07) is 19.1. The quantitative estimate of drug-likeness (QED) is 0.463. The molecule has 1 aromatic heterocycles. The smallest absolute Gasteiger partial charge is 0.261 e. The van der Waals surface area contributed by atoms with E-state index in [0.29, 0.717) is 22.9 Å². The molecule has 0 aliphatic heterocycles. The Morgan fingerprint density at radius 1 is 0.909 bits per heavy atom. The molecule has 3 rings (SSSR count). The van der Waals surface area contributed by atoms with Crippen LogP contribution in [0.2, 0.25) is 0 Å². The highest BCUT2D eigenvalue weighted by molar-refractivity contribution is 5.95. The second-order valence-corrected chi connectivity index (χ2v) is 6.98. The summed E-state index contributed by atoms with van der Waals surface area (Å²) in [4.78, 5) is 38.6. The predicted octanol–water partition coefficient (Wildman–Crippen LogP) is 2.45. The standard InChI is InChI=1S/C24H25N3O6/c1-31-19-11-9-18(10-12-19)26-22(28)14-25-23(29)16-27(15-21-8-5-13-32-21)24(30)17-33-20-6-3-2-4-7-20/h2-13H,14-17H2,1H3,(H,25,29)(H,26,28). The minimum Gasteiger partial charge on any atom is -0.497 e. The summed E-state index contributed by atoms with van der Waals surface area (Å²) in [7, 11) is 1.55. The van der Waals surface area contributed by atoms with Crippen LogP contribution in [0.15, 0.2) is 77.4 Å². The van der Waals surface area contributed by atoms with E-state index in [0.717, 1.165) is 0 Å². The maximum absolute atomic E-state index is 12.7. The fourth-order valence-corrected chi connectivity index (χ4v) is 2.86. The molecule has 172 valence electrons. The van der Waals surface area contributed by atoms with E-state index >= 15 is 0 Å². The van der Waals surface area contributed by atoms with Crippen LogP contribution in [0.25, 0.3) is 0 Å². The van der Waals surface area contributed by atoms with Gasteiger partial charge >= 0.3 is 0 Å². The average Bonchev–Trinajstić information content (AvgIpc) is 3.35. The fourth-order valence-electron chi connectivity index (χ4n) is 2.86. The summed E-state index contributed by atoms with van der Waals surface area (Å²) in [5.41, 5.74) is 0.572. The predicted molar refractivity (Wildman–Crippen MR) is 121 cm³/mol. The Labute approximate surface area is 191 Å². The van der Waals surface area contributed by atoms with Gasteiger partial charge in [-0.3, -0.25) is 14.4 Å². The van der Waals surface area contributed by atoms with Gasteiger partial charge in [0.05, 0.1) is 26.5 Å². The molecule has 9 nitrogen and oxygen atoms in total. The van der Waals surface area contributed by atoms with Crippen molar-refractivity contribution in [3.63, 3.8) is 0 Å². The Bertz CT molecular complexity index is 1040. The molecule has 0 saturated heterocycles. The zero-order valence-corrected chi connectivity index (χ0v) is 18.2. The van der Waals surface area contributed by atoms with E-state index in [1.807, 2.05) is 6.07 Å². The van der Waals surface area contributed by atoms with Gasteiger partial charge in [-0.05, 0) is 48.5 Å². The van der Waals surface area contributed by atoms with Crippen LogP contribution in [0, 0.1) is 0 Å². The molecule has 2 aromatic carbocycles. The monoisotopic (exact) mass is 451 g/mol. The van der Waals surface area contributed by atoms with Crippen LogP contribution in [0.1, 0.15) is 5.76 Å². The van der Waals surface area contributed by atoms with Crippen molar-refractivity contribution < 1.29 is 28.3 Å². The molecule has 0 fully saturated rings. The van der Waals surface area contributed by atoms with Crippen LogP contribution in [-0.2, 0) is 20.9 Å². The third kappa shape index (κ3) is 7.73. The second kappa shape index (κ2) is 11.9. The molecule has 0 bridgehead atoms. The first-order valence-corrected chi connectivity index (χ1v) is 10.2. The third-order valence-electron chi connectivity index (χ3n) is 4.54. The van der Waals surface area contributed by atoms with Crippen molar-refractivity contribution in [3.8, 4) is 11.5 Å². The number of carbonyl (C=O) groups excluding carboxylic acids is 3. The van der Waals surface area contributed by atoms with Crippen LogP contribution >= 0.6 is 0 Å². The SMILES string of the molecule is COc1ccc(NC(=O)CNC(=O)CN(Cc2ccco2)C(=O)COc2ccccc2)cc1. The number of nitrogens with one attached hydrogen (secondary N) is 2. The zero-order chi connectivity index (χ0) is 23.5. The Morgan fingerprint density at radius 3 is 2.33 bits per heavy atom. The van der Waals surface area contributed by atoms with Crippen LogP contribution < -0.4 is 20.1 Å². The summed E-state index contributed by atoms with van der Waals surface area (Å²) in [6.45, 7) is -0.646.